The van der Waals surface area contributed by atoms with Crippen molar-refractivity contribution in [3.8, 4) is 0 Å². The first kappa shape index (κ1) is 9.09. The molecule has 3 saturated heterocycles. The summed E-state index contributed by atoms with van der Waals surface area (Å²) in [7, 11) is 0. The van der Waals surface area contributed by atoms with E-state index in [9.17, 15) is 0 Å². The van der Waals surface area contributed by atoms with Crippen molar-refractivity contribution < 1.29 is 9.47 Å². The lowest BCUT2D eigenvalue weighted by atomic mass is 9.73. The molecular weight excluding hydrogens is 180 g/mol. The van der Waals surface area contributed by atoms with Gasteiger partial charge in [-0.25, -0.2) is 0 Å². The molecule has 0 bridgehead atoms. The van der Waals surface area contributed by atoms with E-state index in [1.807, 2.05) is 0 Å². The van der Waals surface area contributed by atoms with Crippen molar-refractivity contribution in [1.82, 2.24) is 10.6 Å². The van der Waals surface area contributed by atoms with Crippen LogP contribution in [-0.2, 0) is 9.47 Å². The lowest BCUT2D eigenvalue weighted by molar-refractivity contribution is -0.106. The molecule has 0 radical (unpaired) electrons. The Kier molecular flexibility index (Phi) is 2.24. The minimum absolute atomic E-state index is 0.272. The molecule has 3 rings (SSSR count). The molecule has 0 amide bonds. The molecule has 3 heterocycles. The molecule has 4 nitrogen and oxygen atoms in total. The fourth-order valence-corrected chi connectivity index (χ4v) is 2.81. The maximum atomic E-state index is 5.85. The zero-order valence-electron chi connectivity index (χ0n) is 8.42. The van der Waals surface area contributed by atoms with E-state index in [1.54, 1.807) is 0 Å². The number of morpholine rings is 1. The summed E-state index contributed by atoms with van der Waals surface area (Å²) in [5.74, 6) is 0. The number of hydrogen-bond donors (Lipinski definition) is 2. The quantitative estimate of drug-likeness (QED) is 0.588. The molecule has 2 atom stereocenters. The van der Waals surface area contributed by atoms with Crippen LogP contribution in [0.5, 0.6) is 0 Å². The van der Waals surface area contributed by atoms with Crippen LogP contribution in [0, 0.1) is 5.41 Å². The topological polar surface area (TPSA) is 42.5 Å². The Labute approximate surface area is 84.3 Å². The molecule has 2 unspecified atom stereocenters. The molecule has 2 N–H and O–H groups in total. The Bertz CT molecular complexity index is 212. The second-order valence-corrected chi connectivity index (χ2v) is 4.62. The molecule has 1 spiro atoms. The zero-order valence-corrected chi connectivity index (χ0v) is 8.42. The minimum atomic E-state index is 0.272. The van der Waals surface area contributed by atoms with Crippen LogP contribution in [0.1, 0.15) is 6.42 Å². The van der Waals surface area contributed by atoms with Crippen LogP contribution in [0.15, 0.2) is 0 Å². The van der Waals surface area contributed by atoms with Gasteiger partial charge in [-0.3, -0.25) is 0 Å². The second kappa shape index (κ2) is 3.45. The highest BCUT2D eigenvalue weighted by molar-refractivity contribution is 5.04. The summed E-state index contributed by atoms with van der Waals surface area (Å²) < 4.78 is 11.6. The Hall–Kier alpha value is -0.160. The summed E-state index contributed by atoms with van der Waals surface area (Å²) in [6.07, 6.45) is 1.79. The van der Waals surface area contributed by atoms with Gasteiger partial charge in [0.15, 0.2) is 0 Å². The predicted octanol–water partition coefficient (Wildman–Crippen LogP) is -0.647. The fourth-order valence-electron chi connectivity index (χ4n) is 2.81. The molecule has 3 aliphatic heterocycles. The van der Waals surface area contributed by atoms with Crippen molar-refractivity contribution >= 4 is 0 Å². The van der Waals surface area contributed by atoms with Crippen molar-refractivity contribution in [3.63, 3.8) is 0 Å². The van der Waals surface area contributed by atoms with Gasteiger partial charge >= 0.3 is 0 Å². The number of rotatable bonds is 1. The van der Waals surface area contributed by atoms with Gasteiger partial charge in [0.05, 0.1) is 18.8 Å². The van der Waals surface area contributed by atoms with Crippen LogP contribution in [0.3, 0.4) is 0 Å². The SMILES string of the molecule is C1COC(C2OCCC23CNC3)CN1. The van der Waals surface area contributed by atoms with Gasteiger partial charge in [0, 0.05) is 38.2 Å². The molecule has 0 aromatic rings. The Balaban J connectivity index is 1.70. The first-order valence-electron chi connectivity index (χ1n) is 5.55. The highest BCUT2D eigenvalue weighted by Crippen LogP contribution is 2.40. The van der Waals surface area contributed by atoms with Gasteiger partial charge in [0.1, 0.15) is 0 Å². The van der Waals surface area contributed by atoms with Gasteiger partial charge < -0.3 is 20.1 Å². The van der Waals surface area contributed by atoms with Crippen molar-refractivity contribution in [2.24, 2.45) is 5.41 Å². The van der Waals surface area contributed by atoms with Crippen LogP contribution >= 0.6 is 0 Å². The number of hydrogen-bond acceptors (Lipinski definition) is 4. The van der Waals surface area contributed by atoms with Crippen LogP contribution in [-0.4, -0.2) is 51.6 Å². The van der Waals surface area contributed by atoms with Crippen LogP contribution in [0.25, 0.3) is 0 Å². The molecule has 0 aromatic heterocycles. The first-order valence-corrected chi connectivity index (χ1v) is 5.55. The monoisotopic (exact) mass is 198 g/mol. The van der Waals surface area contributed by atoms with Gasteiger partial charge in [-0.1, -0.05) is 0 Å². The van der Waals surface area contributed by atoms with Crippen LogP contribution < -0.4 is 10.6 Å². The molecule has 14 heavy (non-hydrogen) atoms. The maximum absolute atomic E-state index is 5.85. The van der Waals surface area contributed by atoms with Crippen molar-refractivity contribution in [2.75, 3.05) is 39.4 Å². The number of nitrogens with one attached hydrogen (secondary N) is 2. The standard InChI is InChI=1S/C10H18N2O2/c1-3-14-9(10(1)6-12-7-10)8-5-11-2-4-13-8/h8-9,11-12H,1-7H2. The molecule has 3 fully saturated rings. The van der Waals surface area contributed by atoms with Gasteiger partial charge in [-0.05, 0) is 6.42 Å². The normalized spacial score (nSPS) is 41.1. The van der Waals surface area contributed by atoms with E-state index >= 15 is 0 Å². The average molecular weight is 198 g/mol. The third-order valence-electron chi connectivity index (χ3n) is 3.75. The average Bonchev–Trinajstić information content (AvgIpc) is 2.62. The van der Waals surface area contributed by atoms with Crippen LogP contribution in [0.4, 0.5) is 0 Å². The van der Waals surface area contributed by atoms with Gasteiger partial charge in [0.2, 0.25) is 0 Å². The summed E-state index contributed by atoms with van der Waals surface area (Å²) in [6, 6.07) is 0. The third-order valence-corrected chi connectivity index (χ3v) is 3.75. The number of ether oxygens (including phenoxy) is 2. The molecule has 3 aliphatic rings. The van der Waals surface area contributed by atoms with E-state index in [-0.39, 0.29) is 6.10 Å². The third kappa shape index (κ3) is 1.29. The van der Waals surface area contributed by atoms with Gasteiger partial charge in [-0.2, -0.15) is 0 Å². The maximum Gasteiger partial charge on any atom is 0.0967 e. The first-order chi connectivity index (χ1) is 6.91. The summed E-state index contributed by atoms with van der Waals surface area (Å²) >= 11 is 0. The summed E-state index contributed by atoms with van der Waals surface area (Å²) in [4.78, 5) is 0. The minimum Gasteiger partial charge on any atom is -0.375 e. The highest BCUT2D eigenvalue weighted by atomic mass is 16.5. The van der Waals surface area contributed by atoms with E-state index in [2.05, 4.69) is 10.6 Å². The molecule has 80 valence electrons. The highest BCUT2D eigenvalue weighted by Gasteiger charge is 2.52. The Morgan fingerprint density at radius 2 is 2.00 bits per heavy atom. The van der Waals surface area contributed by atoms with E-state index in [4.69, 9.17) is 9.47 Å². The van der Waals surface area contributed by atoms with Gasteiger partial charge in [0.25, 0.3) is 0 Å². The Morgan fingerprint density at radius 1 is 1.07 bits per heavy atom. The largest absolute Gasteiger partial charge is 0.375 e. The van der Waals surface area contributed by atoms with E-state index in [0.29, 0.717) is 11.5 Å². The lowest BCUT2D eigenvalue weighted by Crippen LogP contribution is -2.62. The molecule has 0 aliphatic carbocycles. The molecule has 0 saturated carbocycles. The van der Waals surface area contributed by atoms with E-state index < -0.39 is 0 Å². The summed E-state index contributed by atoms with van der Waals surface area (Å²) in [5.41, 5.74) is 0.393. The summed E-state index contributed by atoms with van der Waals surface area (Å²) in [5, 5.41) is 6.73. The van der Waals surface area contributed by atoms with E-state index in [1.165, 1.54) is 6.42 Å². The van der Waals surface area contributed by atoms with Crippen molar-refractivity contribution in [2.45, 2.75) is 18.6 Å². The van der Waals surface area contributed by atoms with Crippen molar-refractivity contribution in [3.05, 3.63) is 0 Å². The van der Waals surface area contributed by atoms with Gasteiger partial charge in [-0.15, -0.1) is 0 Å². The van der Waals surface area contributed by atoms with E-state index in [0.717, 1.165) is 39.4 Å². The van der Waals surface area contributed by atoms with Crippen LogP contribution in [0.2, 0.25) is 0 Å². The summed E-state index contributed by atoms with van der Waals surface area (Å²) in [6.45, 7) is 5.89. The second-order valence-electron chi connectivity index (χ2n) is 4.62. The lowest BCUT2D eigenvalue weighted by Gasteiger charge is -2.46. The predicted molar refractivity (Wildman–Crippen MR) is 52.3 cm³/mol. The Morgan fingerprint density at radius 3 is 2.64 bits per heavy atom. The molecular formula is C10H18N2O2. The smallest absolute Gasteiger partial charge is 0.0967 e. The fraction of sp³-hybridized carbons (Fsp3) is 1.00. The zero-order chi connectivity index (χ0) is 9.43. The van der Waals surface area contributed by atoms with Crippen molar-refractivity contribution in [1.29, 1.82) is 0 Å². The molecule has 0 aromatic carbocycles. The molecule has 4 heteroatoms.